The topological polar surface area (TPSA) is 102 Å². The summed E-state index contributed by atoms with van der Waals surface area (Å²) in [6.45, 7) is 0. The lowest BCUT2D eigenvalue weighted by molar-refractivity contribution is 0.405. The Bertz CT molecular complexity index is 974. The molecule has 8 nitrogen and oxygen atoms in total. The van der Waals surface area contributed by atoms with Crippen LogP contribution in [0.5, 0.6) is 11.5 Å². The summed E-state index contributed by atoms with van der Waals surface area (Å²) in [6.07, 6.45) is 0. The molecule has 26 heavy (non-hydrogen) atoms. The van der Waals surface area contributed by atoms with Gasteiger partial charge in [0.1, 0.15) is 15.7 Å². The van der Waals surface area contributed by atoms with E-state index in [9.17, 15) is 8.42 Å². The second-order valence-electron chi connectivity index (χ2n) is 5.03. The zero-order chi connectivity index (χ0) is 18.6. The zero-order valence-electron chi connectivity index (χ0n) is 14.0. The zero-order valence-corrected chi connectivity index (χ0v) is 15.6. The molecule has 0 saturated carbocycles. The second-order valence-corrected chi connectivity index (χ2v) is 7.89. The number of nitrogens with zero attached hydrogens (tertiary/aromatic N) is 2. The third kappa shape index (κ3) is 4.03. The fourth-order valence-electron chi connectivity index (χ4n) is 2.11. The Morgan fingerprint density at radius 1 is 1.00 bits per heavy atom. The van der Waals surface area contributed by atoms with Gasteiger partial charge in [0.2, 0.25) is 0 Å². The average molecular weight is 392 g/mol. The average Bonchev–Trinajstić information content (AvgIpc) is 3.19. The van der Waals surface area contributed by atoms with Gasteiger partial charge < -0.3 is 14.8 Å². The molecule has 0 atom stereocenters. The van der Waals surface area contributed by atoms with Crippen LogP contribution in [0.2, 0.25) is 0 Å². The third-order valence-electron chi connectivity index (χ3n) is 3.33. The fraction of sp³-hybridized carbons (Fsp3) is 0.125. The summed E-state index contributed by atoms with van der Waals surface area (Å²) in [5, 5.41) is 12.6. The van der Waals surface area contributed by atoms with Gasteiger partial charge in [-0.3, -0.25) is 4.72 Å². The van der Waals surface area contributed by atoms with Crippen molar-refractivity contribution in [3.63, 3.8) is 0 Å². The first-order valence-electron chi connectivity index (χ1n) is 7.41. The van der Waals surface area contributed by atoms with E-state index in [2.05, 4.69) is 20.2 Å². The van der Waals surface area contributed by atoms with Gasteiger partial charge >= 0.3 is 0 Å². The van der Waals surface area contributed by atoms with Crippen LogP contribution >= 0.6 is 11.3 Å². The minimum absolute atomic E-state index is 0.126. The molecule has 2 aromatic heterocycles. The van der Waals surface area contributed by atoms with E-state index in [1.54, 1.807) is 49.9 Å². The molecule has 0 spiro atoms. The molecule has 136 valence electrons. The van der Waals surface area contributed by atoms with Gasteiger partial charge in [-0.2, -0.15) is 0 Å². The predicted molar refractivity (Wildman–Crippen MR) is 100.0 cm³/mol. The van der Waals surface area contributed by atoms with Crippen LogP contribution in [0.1, 0.15) is 0 Å². The van der Waals surface area contributed by atoms with Crippen molar-refractivity contribution in [1.29, 1.82) is 0 Å². The first-order chi connectivity index (χ1) is 12.5. The Hall–Kier alpha value is -2.85. The van der Waals surface area contributed by atoms with Gasteiger partial charge in [-0.05, 0) is 35.7 Å². The molecule has 0 fully saturated rings. The van der Waals surface area contributed by atoms with E-state index in [0.717, 1.165) is 11.3 Å². The number of anilines is 3. The molecule has 0 bridgehead atoms. The molecule has 0 aliphatic carbocycles. The van der Waals surface area contributed by atoms with E-state index >= 15 is 0 Å². The van der Waals surface area contributed by atoms with E-state index in [-0.39, 0.29) is 10.0 Å². The molecule has 0 unspecified atom stereocenters. The number of hydrogen-bond donors (Lipinski definition) is 2. The smallest absolute Gasteiger partial charge is 0.272 e. The van der Waals surface area contributed by atoms with Gasteiger partial charge in [-0.1, -0.05) is 6.07 Å². The minimum Gasteiger partial charge on any atom is -0.497 e. The fourth-order valence-corrected chi connectivity index (χ4v) is 4.10. The van der Waals surface area contributed by atoms with Crippen molar-refractivity contribution < 1.29 is 17.9 Å². The number of sulfonamides is 1. The Labute approximate surface area is 154 Å². The van der Waals surface area contributed by atoms with Crippen LogP contribution < -0.4 is 19.5 Å². The molecular formula is C16H16N4O4S2. The van der Waals surface area contributed by atoms with Crippen molar-refractivity contribution in [2.45, 2.75) is 4.21 Å². The van der Waals surface area contributed by atoms with Crippen molar-refractivity contribution in [1.82, 2.24) is 10.2 Å². The van der Waals surface area contributed by atoms with Crippen LogP contribution in [0.15, 0.2) is 52.1 Å². The third-order valence-corrected chi connectivity index (χ3v) is 6.08. The number of ether oxygens (including phenoxy) is 2. The largest absolute Gasteiger partial charge is 0.497 e. The van der Waals surface area contributed by atoms with Gasteiger partial charge in [-0.15, -0.1) is 21.5 Å². The Balaban J connectivity index is 1.76. The summed E-state index contributed by atoms with van der Waals surface area (Å²) >= 11 is 1.12. The van der Waals surface area contributed by atoms with Crippen LogP contribution in [-0.4, -0.2) is 32.8 Å². The maximum absolute atomic E-state index is 12.2. The highest BCUT2D eigenvalue weighted by molar-refractivity contribution is 7.94. The van der Waals surface area contributed by atoms with E-state index in [0.29, 0.717) is 23.0 Å². The standard InChI is InChI=1S/C16H16N4O4S2/c1-23-11-5-6-13(24-2)12(10-11)17-14-7-8-15(19-18-14)20-26(21,22)16-4-3-9-25-16/h3-10H,1-2H3,(H,17,18)(H,19,20). The maximum atomic E-state index is 12.2. The minimum atomic E-state index is -3.65. The molecule has 0 amide bonds. The second kappa shape index (κ2) is 7.58. The Kier molecular flexibility index (Phi) is 5.24. The molecule has 1 aromatic carbocycles. The van der Waals surface area contributed by atoms with Gasteiger partial charge in [0.15, 0.2) is 11.6 Å². The van der Waals surface area contributed by atoms with Crippen molar-refractivity contribution in [2.75, 3.05) is 24.3 Å². The highest BCUT2D eigenvalue weighted by Crippen LogP contribution is 2.31. The summed E-state index contributed by atoms with van der Waals surface area (Å²) in [5.41, 5.74) is 0.646. The van der Waals surface area contributed by atoms with E-state index in [1.807, 2.05) is 0 Å². The Morgan fingerprint density at radius 3 is 2.38 bits per heavy atom. The first-order valence-corrected chi connectivity index (χ1v) is 9.77. The van der Waals surface area contributed by atoms with Gasteiger partial charge in [0.25, 0.3) is 10.0 Å². The van der Waals surface area contributed by atoms with Crippen LogP contribution in [0.4, 0.5) is 17.3 Å². The number of aromatic nitrogens is 2. The summed E-state index contributed by atoms with van der Waals surface area (Å²) in [7, 11) is -0.526. The predicted octanol–water partition coefficient (Wildman–Crippen LogP) is 3.10. The SMILES string of the molecule is COc1ccc(OC)c(Nc2ccc(NS(=O)(=O)c3cccs3)nn2)c1. The van der Waals surface area contributed by atoms with Crippen molar-refractivity contribution in [3.8, 4) is 11.5 Å². The quantitative estimate of drug-likeness (QED) is 0.637. The molecule has 2 N–H and O–H groups in total. The van der Waals surface area contributed by atoms with Crippen molar-refractivity contribution in [3.05, 3.63) is 47.8 Å². The number of nitrogens with one attached hydrogen (secondary N) is 2. The summed E-state index contributed by atoms with van der Waals surface area (Å²) < 4.78 is 37.4. The summed E-state index contributed by atoms with van der Waals surface area (Å²) in [4.78, 5) is 0. The van der Waals surface area contributed by atoms with E-state index in [1.165, 1.54) is 12.1 Å². The van der Waals surface area contributed by atoms with Crippen LogP contribution in [0.3, 0.4) is 0 Å². The lowest BCUT2D eigenvalue weighted by atomic mass is 10.2. The van der Waals surface area contributed by atoms with Crippen LogP contribution in [-0.2, 0) is 10.0 Å². The monoisotopic (exact) mass is 392 g/mol. The lowest BCUT2D eigenvalue weighted by Gasteiger charge is -2.12. The van der Waals surface area contributed by atoms with Crippen molar-refractivity contribution >= 4 is 38.7 Å². The van der Waals surface area contributed by atoms with Gasteiger partial charge in [-0.25, -0.2) is 8.42 Å². The normalized spacial score (nSPS) is 11.0. The number of hydrogen-bond acceptors (Lipinski definition) is 8. The lowest BCUT2D eigenvalue weighted by Crippen LogP contribution is -2.13. The number of rotatable bonds is 7. The van der Waals surface area contributed by atoms with Gasteiger partial charge in [0, 0.05) is 6.07 Å². The Morgan fingerprint density at radius 2 is 1.77 bits per heavy atom. The molecule has 0 saturated heterocycles. The van der Waals surface area contributed by atoms with Crippen molar-refractivity contribution in [2.24, 2.45) is 0 Å². The first kappa shape index (κ1) is 18.0. The molecule has 10 heteroatoms. The molecular weight excluding hydrogens is 376 g/mol. The summed E-state index contributed by atoms with van der Waals surface area (Å²) in [6, 6.07) is 11.6. The molecule has 3 rings (SSSR count). The summed E-state index contributed by atoms with van der Waals surface area (Å²) in [5.74, 6) is 1.81. The van der Waals surface area contributed by atoms with Crippen LogP contribution in [0, 0.1) is 0 Å². The molecule has 2 heterocycles. The van der Waals surface area contributed by atoms with E-state index in [4.69, 9.17) is 9.47 Å². The number of benzene rings is 1. The molecule has 0 aliphatic heterocycles. The number of thiophene rings is 1. The van der Waals surface area contributed by atoms with Crippen LogP contribution in [0.25, 0.3) is 0 Å². The van der Waals surface area contributed by atoms with E-state index < -0.39 is 10.0 Å². The number of methoxy groups -OCH3 is 2. The maximum Gasteiger partial charge on any atom is 0.272 e. The molecule has 0 aliphatic rings. The highest BCUT2D eigenvalue weighted by Gasteiger charge is 2.16. The van der Waals surface area contributed by atoms with Gasteiger partial charge in [0.05, 0.1) is 19.9 Å². The molecule has 0 radical (unpaired) electrons. The molecule has 3 aromatic rings. The highest BCUT2D eigenvalue weighted by atomic mass is 32.2.